The highest BCUT2D eigenvalue weighted by atomic mass is 16.3. The first-order valence-electron chi connectivity index (χ1n) is 6.49. The fourth-order valence-corrected chi connectivity index (χ4v) is 1.88. The Kier molecular flexibility index (Phi) is 4.74. The molecule has 0 radical (unpaired) electrons. The smallest absolute Gasteiger partial charge is 0.319 e. The maximum absolute atomic E-state index is 11.9. The summed E-state index contributed by atoms with van der Waals surface area (Å²) in [5, 5.41) is 14.9. The van der Waals surface area contributed by atoms with Gasteiger partial charge in [0, 0.05) is 5.69 Å². The average Bonchev–Trinajstić information content (AvgIpc) is 2.48. The standard InChI is InChI=1S/C16H18N2O2/c1-12-7-9-14(10-8-12)17-16(20)18-15(11-19)13-5-3-2-4-6-13/h2-10,15,19H,11H2,1H3,(H2,17,18,20)/t15-/m0/s1. The van der Waals surface area contributed by atoms with Gasteiger partial charge in [0.2, 0.25) is 0 Å². The Morgan fingerprint density at radius 3 is 2.35 bits per heavy atom. The molecule has 1 atom stereocenters. The lowest BCUT2D eigenvalue weighted by Gasteiger charge is -2.17. The largest absolute Gasteiger partial charge is 0.394 e. The molecule has 2 aromatic carbocycles. The predicted octanol–water partition coefficient (Wildman–Crippen LogP) is 2.85. The van der Waals surface area contributed by atoms with Crippen molar-refractivity contribution in [2.24, 2.45) is 0 Å². The number of hydrogen-bond donors (Lipinski definition) is 3. The summed E-state index contributed by atoms with van der Waals surface area (Å²) in [4.78, 5) is 11.9. The van der Waals surface area contributed by atoms with Gasteiger partial charge in [0.15, 0.2) is 0 Å². The second kappa shape index (κ2) is 6.73. The zero-order valence-corrected chi connectivity index (χ0v) is 11.3. The molecule has 0 aliphatic rings. The van der Waals surface area contributed by atoms with Gasteiger partial charge >= 0.3 is 6.03 Å². The molecule has 2 amide bonds. The normalized spacial score (nSPS) is 11.7. The maximum atomic E-state index is 11.9. The van der Waals surface area contributed by atoms with Gasteiger partial charge in [-0.05, 0) is 24.6 Å². The molecule has 0 aliphatic carbocycles. The first-order chi connectivity index (χ1) is 9.69. The molecule has 2 aromatic rings. The molecule has 0 saturated heterocycles. The number of benzene rings is 2. The molecule has 4 nitrogen and oxygen atoms in total. The highest BCUT2D eigenvalue weighted by Gasteiger charge is 2.13. The Labute approximate surface area is 118 Å². The number of carbonyl (C=O) groups is 1. The third kappa shape index (κ3) is 3.83. The summed E-state index contributed by atoms with van der Waals surface area (Å²) in [6.45, 7) is 1.84. The topological polar surface area (TPSA) is 61.4 Å². The lowest BCUT2D eigenvalue weighted by atomic mass is 10.1. The van der Waals surface area contributed by atoms with Gasteiger partial charge < -0.3 is 15.7 Å². The molecule has 0 aliphatic heterocycles. The number of aryl methyl sites for hydroxylation is 1. The van der Waals surface area contributed by atoms with Crippen LogP contribution in [0.2, 0.25) is 0 Å². The lowest BCUT2D eigenvalue weighted by molar-refractivity contribution is 0.225. The number of carbonyl (C=O) groups excluding carboxylic acids is 1. The fourth-order valence-electron chi connectivity index (χ4n) is 1.88. The average molecular weight is 270 g/mol. The Morgan fingerprint density at radius 1 is 1.10 bits per heavy atom. The summed E-state index contributed by atoms with van der Waals surface area (Å²) in [6.07, 6.45) is 0. The molecular formula is C16H18N2O2. The van der Waals surface area contributed by atoms with E-state index in [1.54, 1.807) is 0 Å². The minimum Gasteiger partial charge on any atom is -0.394 e. The van der Waals surface area contributed by atoms with Crippen molar-refractivity contribution in [2.45, 2.75) is 13.0 Å². The van der Waals surface area contributed by atoms with Crippen LogP contribution in [0.15, 0.2) is 54.6 Å². The molecule has 0 unspecified atom stereocenters. The number of hydrogen-bond acceptors (Lipinski definition) is 2. The maximum Gasteiger partial charge on any atom is 0.319 e. The monoisotopic (exact) mass is 270 g/mol. The second-order valence-corrected chi connectivity index (χ2v) is 4.61. The molecule has 2 rings (SSSR count). The van der Waals surface area contributed by atoms with Crippen molar-refractivity contribution < 1.29 is 9.90 Å². The third-order valence-corrected chi connectivity index (χ3v) is 3.00. The molecule has 20 heavy (non-hydrogen) atoms. The Morgan fingerprint density at radius 2 is 1.75 bits per heavy atom. The molecule has 0 heterocycles. The second-order valence-electron chi connectivity index (χ2n) is 4.61. The van der Waals surface area contributed by atoms with E-state index >= 15 is 0 Å². The summed E-state index contributed by atoms with van der Waals surface area (Å²) >= 11 is 0. The van der Waals surface area contributed by atoms with Crippen LogP contribution in [-0.2, 0) is 0 Å². The zero-order chi connectivity index (χ0) is 14.4. The van der Waals surface area contributed by atoms with E-state index < -0.39 is 6.04 Å². The van der Waals surface area contributed by atoms with Gasteiger partial charge in [0.05, 0.1) is 12.6 Å². The van der Waals surface area contributed by atoms with Gasteiger partial charge in [-0.25, -0.2) is 4.79 Å². The van der Waals surface area contributed by atoms with Crippen molar-refractivity contribution in [1.29, 1.82) is 0 Å². The van der Waals surface area contributed by atoms with Crippen molar-refractivity contribution >= 4 is 11.7 Å². The van der Waals surface area contributed by atoms with Crippen molar-refractivity contribution in [1.82, 2.24) is 5.32 Å². The first-order valence-corrected chi connectivity index (χ1v) is 6.49. The number of anilines is 1. The van der Waals surface area contributed by atoms with Gasteiger partial charge in [-0.3, -0.25) is 0 Å². The van der Waals surface area contributed by atoms with Gasteiger partial charge in [-0.15, -0.1) is 0 Å². The number of urea groups is 1. The minimum absolute atomic E-state index is 0.147. The molecule has 0 fully saturated rings. The van der Waals surface area contributed by atoms with E-state index in [1.807, 2.05) is 61.5 Å². The summed E-state index contributed by atoms with van der Waals surface area (Å²) in [7, 11) is 0. The van der Waals surface area contributed by atoms with Crippen molar-refractivity contribution in [3.05, 3.63) is 65.7 Å². The van der Waals surface area contributed by atoms with Gasteiger partial charge in [-0.2, -0.15) is 0 Å². The first kappa shape index (κ1) is 14.1. The molecular weight excluding hydrogens is 252 g/mol. The van der Waals surface area contributed by atoms with Crippen LogP contribution in [0.25, 0.3) is 0 Å². The van der Waals surface area contributed by atoms with Crippen LogP contribution >= 0.6 is 0 Å². The highest BCUT2D eigenvalue weighted by Crippen LogP contribution is 2.13. The van der Waals surface area contributed by atoms with E-state index in [0.717, 1.165) is 16.8 Å². The van der Waals surface area contributed by atoms with E-state index in [2.05, 4.69) is 10.6 Å². The van der Waals surface area contributed by atoms with Gasteiger partial charge in [-0.1, -0.05) is 48.0 Å². The summed E-state index contributed by atoms with van der Waals surface area (Å²) < 4.78 is 0. The Bertz CT molecular complexity index is 552. The quantitative estimate of drug-likeness (QED) is 0.800. The van der Waals surface area contributed by atoms with Crippen LogP contribution in [0.3, 0.4) is 0 Å². The molecule has 104 valence electrons. The molecule has 4 heteroatoms. The lowest BCUT2D eigenvalue weighted by Crippen LogP contribution is -2.34. The third-order valence-electron chi connectivity index (χ3n) is 3.00. The molecule has 0 aromatic heterocycles. The molecule has 0 bridgehead atoms. The van der Waals surface area contributed by atoms with Crippen LogP contribution in [-0.4, -0.2) is 17.7 Å². The Balaban J connectivity index is 1.97. The van der Waals surface area contributed by atoms with Crippen LogP contribution in [0, 0.1) is 6.92 Å². The van der Waals surface area contributed by atoms with E-state index in [9.17, 15) is 9.90 Å². The minimum atomic E-state index is -0.415. The van der Waals surface area contributed by atoms with Gasteiger partial charge in [0.25, 0.3) is 0 Å². The molecule has 0 spiro atoms. The number of aliphatic hydroxyl groups is 1. The van der Waals surface area contributed by atoms with Gasteiger partial charge in [0.1, 0.15) is 0 Å². The molecule has 3 N–H and O–H groups in total. The van der Waals surface area contributed by atoms with Crippen LogP contribution in [0.4, 0.5) is 10.5 Å². The van der Waals surface area contributed by atoms with E-state index in [0.29, 0.717) is 0 Å². The number of rotatable bonds is 4. The predicted molar refractivity (Wildman–Crippen MR) is 79.6 cm³/mol. The fraction of sp³-hybridized carbons (Fsp3) is 0.188. The van der Waals surface area contributed by atoms with E-state index in [1.165, 1.54) is 0 Å². The summed E-state index contributed by atoms with van der Waals surface area (Å²) in [6, 6.07) is 16.2. The zero-order valence-electron chi connectivity index (χ0n) is 11.3. The van der Waals surface area contributed by atoms with Crippen molar-refractivity contribution in [2.75, 3.05) is 11.9 Å². The molecule has 0 saturated carbocycles. The van der Waals surface area contributed by atoms with Crippen molar-refractivity contribution in [3.8, 4) is 0 Å². The summed E-state index contributed by atoms with van der Waals surface area (Å²) in [5.74, 6) is 0. The summed E-state index contributed by atoms with van der Waals surface area (Å²) in [5.41, 5.74) is 2.72. The SMILES string of the molecule is Cc1ccc(NC(=O)N[C@@H](CO)c2ccccc2)cc1. The van der Waals surface area contributed by atoms with Crippen LogP contribution < -0.4 is 10.6 Å². The van der Waals surface area contributed by atoms with E-state index in [4.69, 9.17) is 0 Å². The Hall–Kier alpha value is -2.33. The van der Waals surface area contributed by atoms with Crippen molar-refractivity contribution in [3.63, 3.8) is 0 Å². The van der Waals surface area contributed by atoms with Crippen LogP contribution in [0.5, 0.6) is 0 Å². The van der Waals surface area contributed by atoms with Crippen LogP contribution in [0.1, 0.15) is 17.2 Å². The van der Waals surface area contributed by atoms with E-state index in [-0.39, 0.29) is 12.6 Å². The number of aliphatic hydroxyl groups excluding tert-OH is 1. The number of nitrogens with one attached hydrogen (secondary N) is 2. The highest BCUT2D eigenvalue weighted by molar-refractivity contribution is 5.89. The number of amides is 2.